The van der Waals surface area contributed by atoms with Gasteiger partial charge in [-0.3, -0.25) is 15.5 Å². The van der Waals surface area contributed by atoms with Gasteiger partial charge < -0.3 is 0 Å². The first-order valence-electron chi connectivity index (χ1n) is 3.86. The van der Waals surface area contributed by atoms with E-state index in [0.29, 0.717) is 0 Å². The first kappa shape index (κ1) is 11.6. The minimum absolute atomic E-state index is 0.0461. The maximum Gasteiger partial charge on any atom is 0.269 e. The molecule has 0 saturated carbocycles. The number of nitro benzene ring substituents is 1. The highest BCUT2D eigenvalue weighted by Gasteiger charge is 2.02. The normalized spacial score (nSPS) is 10.2. The molecule has 0 fully saturated rings. The SMILES string of the molecule is O=[N+]([O-])c1ccc(C=NNC(=S)S)cc1. The number of hydrogen-bond donors (Lipinski definition) is 2. The highest BCUT2D eigenvalue weighted by molar-refractivity contribution is 8.11. The molecule has 0 radical (unpaired) electrons. The minimum atomic E-state index is -0.456. The van der Waals surface area contributed by atoms with E-state index in [1.165, 1.54) is 18.3 Å². The summed E-state index contributed by atoms with van der Waals surface area (Å²) in [6, 6.07) is 5.98. The van der Waals surface area contributed by atoms with Crippen LogP contribution in [0.5, 0.6) is 0 Å². The molecule has 1 aromatic rings. The number of thiocarbonyl (C=S) groups is 1. The van der Waals surface area contributed by atoms with Crippen LogP contribution in [0.1, 0.15) is 5.56 Å². The summed E-state index contributed by atoms with van der Waals surface area (Å²) in [5.74, 6) is 0. The summed E-state index contributed by atoms with van der Waals surface area (Å²) in [5.41, 5.74) is 3.24. The van der Waals surface area contributed by atoms with E-state index in [1.54, 1.807) is 12.1 Å². The topological polar surface area (TPSA) is 67.5 Å². The molecule has 78 valence electrons. The van der Waals surface area contributed by atoms with E-state index < -0.39 is 4.92 Å². The van der Waals surface area contributed by atoms with Gasteiger partial charge in [-0.1, -0.05) is 12.2 Å². The number of hydrogen-bond acceptors (Lipinski definition) is 4. The van der Waals surface area contributed by atoms with Gasteiger partial charge in [-0.25, -0.2) is 0 Å². The van der Waals surface area contributed by atoms with Crippen molar-refractivity contribution < 1.29 is 4.92 Å². The number of thiol groups is 1. The zero-order valence-corrected chi connectivity index (χ0v) is 9.16. The smallest absolute Gasteiger partial charge is 0.263 e. The molecular formula is C8H7N3O2S2. The van der Waals surface area contributed by atoms with Crippen LogP contribution >= 0.6 is 24.8 Å². The number of nitrogens with one attached hydrogen (secondary N) is 1. The lowest BCUT2D eigenvalue weighted by Crippen LogP contribution is -2.07. The minimum Gasteiger partial charge on any atom is -0.263 e. The van der Waals surface area contributed by atoms with Crippen LogP contribution < -0.4 is 5.43 Å². The maximum atomic E-state index is 10.3. The molecule has 0 saturated heterocycles. The molecular weight excluding hydrogens is 234 g/mol. The van der Waals surface area contributed by atoms with Gasteiger partial charge in [-0.2, -0.15) is 5.10 Å². The Labute approximate surface area is 96.7 Å². The maximum absolute atomic E-state index is 10.3. The molecule has 0 aromatic heterocycles. The number of nitrogens with zero attached hydrogens (tertiary/aromatic N) is 2. The summed E-state index contributed by atoms with van der Waals surface area (Å²) in [6.07, 6.45) is 1.49. The Morgan fingerprint density at radius 1 is 1.53 bits per heavy atom. The lowest BCUT2D eigenvalue weighted by atomic mass is 10.2. The van der Waals surface area contributed by atoms with E-state index in [4.69, 9.17) is 0 Å². The first-order valence-corrected chi connectivity index (χ1v) is 4.71. The van der Waals surface area contributed by atoms with E-state index >= 15 is 0 Å². The summed E-state index contributed by atoms with van der Waals surface area (Å²) in [4.78, 5) is 9.89. The van der Waals surface area contributed by atoms with Crippen LogP contribution in [-0.4, -0.2) is 15.5 Å². The van der Waals surface area contributed by atoms with Crippen LogP contribution in [0.25, 0.3) is 0 Å². The summed E-state index contributed by atoms with van der Waals surface area (Å²) in [5, 5.41) is 14.1. The van der Waals surface area contributed by atoms with Gasteiger partial charge >= 0.3 is 0 Å². The fourth-order valence-corrected chi connectivity index (χ4v) is 0.955. The number of benzene rings is 1. The molecule has 0 spiro atoms. The average molecular weight is 241 g/mol. The second-order valence-electron chi connectivity index (χ2n) is 2.52. The quantitative estimate of drug-likeness (QED) is 0.278. The molecule has 1 rings (SSSR count). The van der Waals surface area contributed by atoms with E-state index in [2.05, 4.69) is 35.4 Å². The van der Waals surface area contributed by atoms with Crippen molar-refractivity contribution in [1.29, 1.82) is 0 Å². The van der Waals surface area contributed by atoms with Crippen LogP contribution in [-0.2, 0) is 0 Å². The molecule has 0 amide bonds. The largest absolute Gasteiger partial charge is 0.269 e. The molecule has 1 aromatic carbocycles. The molecule has 0 atom stereocenters. The Bertz CT molecular complexity index is 403. The number of nitro groups is 1. The van der Waals surface area contributed by atoms with Crippen molar-refractivity contribution in [2.75, 3.05) is 0 Å². The monoisotopic (exact) mass is 241 g/mol. The fraction of sp³-hybridized carbons (Fsp3) is 0. The van der Waals surface area contributed by atoms with Gasteiger partial charge in [0.25, 0.3) is 5.69 Å². The highest BCUT2D eigenvalue weighted by atomic mass is 32.1. The summed E-state index contributed by atoms with van der Waals surface area (Å²) < 4.78 is 0.258. The van der Waals surface area contributed by atoms with Gasteiger partial charge in [-0.15, -0.1) is 12.6 Å². The molecule has 5 nitrogen and oxygen atoms in total. The summed E-state index contributed by atoms with van der Waals surface area (Å²) >= 11 is 8.42. The lowest BCUT2D eigenvalue weighted by Gasteiger charge is -1.94. The van der Waals surface area contributed by atoms with Crippen LogP contribution in [0.4, 0.5) is 5.69 Å². The Balaban J connectivity index is 2.68. The van der Waals surface area contributed by atoms with E-state index in [1.807, 2.05) is 0 Å². The molecule has 0 aliphatic carbocycles. The van der Waals surface area contributed by atoms with E-state index in [0.717, 1.165) is 5.56 Å². The second kappa shape index (κ2) is 5.42. The third-order valence-electron chi connectivity index (χ3n) is 1.48. The molecule has 1 N–H and O–H groups in total. The third kappa shape index (κ3) is 4.05. The van der Waals surface area contributed by atoms with Crippen molar-refractivity contribution in [3.8, 4) is 0 Å². The highest BCUT2D eigenvalue weighted by Crippen LogP contribution is 2.10. The standard InChI is InChI=1S/C8H7N3O2S2/c12-11(13)7-3-1-6(2-4-7)5-9-10-8(14)15/h1-5H,(H2,10,14,15). The van der Waals surface area contributed by atoms with Crippen molar-refractivity contribution in [3.05, 3.63) is 39.9 Å². The third-order valence-corrected chi connectivity index (χ3v) is 1.67. The average Bonchev–Trinajstić information content (AvgIpc) is 2.18. The summed E-state index contributed by atoms with van der Waals surface area (Å²) in [6.45, 7) is 0. The molecule has 15 heavy (non-hydrogen) atoms. The van der Waals surface area contributed by atoms with Crippen LogP contribution in [0, 0.1) is 10.1 Å². The van der Waals surface area contributed by atoms with Crippen molar-refractivity contribution in [1.82, 2.24) is 5.43 Å². The molecule has 0 bridgehead atoms. The van der Waals surface area contributed by atoms with Crippen LogP contribution in [0.15, 0.2) is 29.4 Å². The van der Waals surface area contributed by atoms with Crippen LogP contribution in [0.2, 0.25) is 0 Å². The Hall–Kier alpha value is -1.47. The molecule has 0 aliphatic rings. The van der Waals surface area contributed by atoms with Gasteiger partial charge in [0.2, 0.25) is 0 Å². The van der Waals surface area contributed by atoms with Crippen molar-refractivity contribution in [2.24, 2.45) is 5.10 Å². The van der Waals surface area contributed by atoms with Gasteiger partial charge in [-0.05, 0) is 17.7 Å². The Morgan fingerprint density at radius 3 is 2.60 bits per heavy atom. The van der Waals surface area contributed by atoms with Gasteiger partial charge in [0.05, 0.1) is 11.1 Å². The van der Waals surface area contributed by atoms with Crippen molar-refractivity contribution in [2.45, 2.75) is 0 Å². The zero-order valence-electron chi connectivity index (χ0n) is 7.45. The van der Waals surface area contributed by atoms with Crippen molar-refractivity contribution >= 4 is 41.1 Å². The second-order valence-corrected chi connectivity index (χ2v) is 3.68. The number of hydrazone groups is 1. The summed E-state index contributed by atoms with van der Waals surface area (Å²) in [7, 11) is 0. The lowest BCUT2D eigenvalue weighted by molar-refractivity contribution is -0.384. The van der Waals surface area contributed by atoms with E-state index in [9.17, 15) is 10.1 Å². The molecule has 7 heteroatoms. The van der Waals surface area contributed by atoms with Crippen molar-refractivity contribution in [3.63, 3.8) is 0 Å². The van der Waals surface area contributed by atoms with Gasteiger partial charge in [0, 0.05) is 12.1 Å². The van der Waals surface area contributed by atoms with Crippen LogP contribution in [0.3, 0.4) is 0 Å². The molecule has 0 unspecified atom stereocenters. The Morgan fingerprint density at radius 2 is 2.13 bits per heavy atom. The predicted octanol–water partition coefficient (Wildman–Crippen LogP) is 1.73. The Kier molecular flexibility index (Phi) is 4.19. The first-order chi connectivity index (χ1) is 7.09. The molecule has 0 aliphatic heterocycles. The molecule has 0 heterocycles. The van der Waals surface area contributed by atoms with E-state index in [-0.39, 0.29) is 10.0 Å². The van der Waals surface area contributed by atoms with Gasteiger partial charge in [0.15, 0.2) is 4.32 Å². The number of rotatable bonds is 3. The predicted molar refractivity (Wildman–Crippen MR) is 65.4 cm³/mol. The zero-order chi connectivity index (χ0) is 11.3. The fourth-order valence-electron chi connectivity index (χ4n) is 0.844. The van der Waals surface area contributed by atoms with Gasteiger partial charge in [0.1, 0.15) is 0 Å². The number of non-ortho nitro benzene ring substituents is 1.